The van der Waals surface area contributed by atoms with Crippen LogP contribution in [0.3, 0.4) is 0 Å². The van der Waals surface area contributed by atoms with Crippen LogP contribution in [-0.4, -0.2) is 16.8 Å². The highest BCUT2D eigenvalue weighted by molar-refractivity contribution is 6.03. The molecule has 1 fully saturated rings. The highest BCUT2D eigenvalue weighted by Crippen LogP contribution is 2.25. The molecule has 0 radical (unpaired) electrons. The third-order valence-electron chi connectivity index (χ3n) is 4.51. The Morgan fingerprint density at radius 1 is 1.04 bits per heavy atom. The van der Waals surface area contributed by atoms with Crippen LogP contribution in [0.4, 0.5) is 5.69 Å². The maximum absolute atomic E-state index is 12.5. The molecular formula is C22H19N3O3. The third-order valence-corrected chi connectivity index (χ3v) is 4.51. The monoisotopic (exact) mass is 373 g/mol. The molecule has 0 bridgehead atoms. The number of hydrogen-bond donors (Lipinski definition) is 2. The SMILES string of the molecule is O=C1CCC(c2ccc(NC(=O)c3cc(Oc4ccccc4)ccn3)cc2)N1. The van der Waals surface area contributed by atoms with Crippen LogP contribution in [0.1, 0.15) is 34.9 Å². The first kappa shape index (κ1) is 17.7. The summed E-state index contributed by atoms with van der Waals surface area (Å²) in [6, 6.07) is 20.2. The number of ether oxygens (including phenoxy) is 1. The second-order valence-corrected chi connectivity index (χ2v) is 6.53. The zero-order valence-corrected chi connectivity index (χ0v) is 15.1. The van der Waals surface area contributed by atoms with E-state index in [4.69, 9.17) is 4.74 Å². The normalized spacial score (nSPS) is 15.7. The van der Waals surface area contributed by atoms with Gasteiger partial charge in [0.25, 0.3) is 5.91 Å². The van der Waals surface area contributed by atoms with Crippen molar-refractivity contribution in [2.45, 2.75) is 18.9 Å². The number of aromatic nitrogens is 1. The predicted molar refractivity (Wildman–Crippen MR) is 105 cm³/mol. The van der Waals surface area contributed by atoms with Crippen molar-refractivity contribution < 1.29 is 14.3 Å². The summed E-state index contributed by atoms with van der Waals surface area (Å²) in [6.07, 6.45) is 2.89. The molecule has 1 unspecified atom stereocenters. The van der Waals surface area contributed by atoms with E-state index in [1.54, 1.807) is 18.3 Å². The van der Waals surface area contributed by atoms with Gasteiger partial charge < -0.3 is 15.4 Å². The zero-order valence-electron chi connectivity index (χ0n) is 15.1. The fourth-order valence-corrected chi connectivity index (χ4v) is 3.08. The van der Waals surface area contributed by atoms with Crippen LogP contribution in [0.15, 0.2) is 72.9 Å². The molecule has 4 rings (SSSR count). The van der Waals surface area contributed by atoms with Gasteiger partial charge in [-0.05, 0) is 42.3 Å². The Labute approximate surface area is 162 Å². The highest BCUT2D eigenvalue weighted by atomic mass is 16.5. The Balaban J connectivity index is 1.42. The number of carbonyl (C=O) groups is 2. The molecular weight excluding hydrogens is 354 g/mol. The second kappa shape index (κ2) is 7.92. The number of nitrogens with zero attached hydrogens (tertiary/aromatic N) is 1. The lowest BCUT2D eigenvalue weighted by Gasteiger charge is -2.12. The lowest BCUT2D eigenvalue weighted by atomic mass is 10.1. The summed E-state index contributed by atoms with van der Waals surface area (Å²) in [6.45, 7) is 0. The van der Waals surface area contributed by atoms with Gasteiger partial charge in [0.05, 0.1) is 6.04 Å². The number of carbonyl (C=O) groups excluding carboxylic acids is 2. The van der Waals surface area contributed by atoms with Crippen LogP contribution in [0.25, 0.3) is 0 Å². The van der Waals surface area contributed by atoms with E-state index in [-0.39, 0.29) is 23.6 Å². The number of para-hydroxylation sites is 1. The second-order valence-electron chi connectivity index (χ2n) is 6.53. The minimum Gasteiger partial charge on any atom is -0.457 e. The molecule has 1 aliphatic heterocycles. The van der Waals surface area contributed by atoms with E-state index in [1.807, 2.05) is 54.6 Å². The summed E-state index contributed by atoms with van der Waals surface area (Å²) in [5.74, 6) is 0.986. The van der Waals surface area contributed by atoms with Crippen LogP contribution in [0.5, 0.6) is 11.5 Å². The molecule has 0 saturated carbocycles. The van der Waals surface area contributed by atoms with E-state index in [0.29, 0.717) is 23.6 Å². The van der Waals surface area contributed by atoms with Crippen molar-refractivity contribution >= 4 is 17.5 Å². The van der Waals surface area contributed by atoms with Crippen LogP contribution in [0, 0.1) is 0 Å². The molecule has 2 N–H and O–H groups in total. The lowest BCUT2D eigenvalue weighted by Crippen LogP contribution is -2.18. The van der Waals surface area contributed by atoms with Gasteiger partial charge in [0.1, 0.15) is 17.2 Å². The number of anilines is 1. The van der Waals surface area contributed by atoms with Gasteiger partial charge in [0, 0.05) is 24.4 Å². The average molecular weight is 373 g/mol. The van der Waals surface area contributed by atoms with Gasteiger partial charge in [-0.25, -0.2) is 0 Å². The van der Waals surface area contributed by atoms with E-state index >= 15 is 0 Å². The van der Waals surface area contributed by atoms with Crippen LogP contribution in [-0.2, 0) is 4.79 Å². The quantitative estimate of drug-likeness (QED) is 0.706. The average Bonchev–Trinajstić information content (AvgIpc) is 3.16. The van der Waals surface area contributed by atoms with Crippen molar-refractivity contribution in [1.29, 1.82) is 0 Å². The minimum absolute atomic E-state index is 0.0470. The highest BCUT2D eigenvalue weighted by Gasteiger charge is 2.22. The molecule has 2 amide bonds. The van der Waals surface area contributed by atoms with E-state index in [0.717, 1.165) is 12.0 Å². The molecule has 3 aromatic rings. The van der Waals surface area contributed by atoms with E-state index in [2.05, 4.69) is 15.6 Å². The molecule has 1 saturated heterocycles. The molecule has 2 aromatic carbocycles. The van der Waals surface area contributed by atoms with Gasteiger partial charge in [-0.1, -0.05) is 30.3 Å². The fourth-order valence-electron chi connectivity index (χ4n) is 3.08. The molecule has 6 heteroatoms. The van der Waals surface area contributed by atoms with Gasteiger partial charge in [-0.15, -0.1) is 0 Å². The summed E-state index contributed by atoms with van der Waals surface area (Å²) < 4.78 is 5.75. The fraction of sp³-hybridized carbons (Fsp3) is 0.136. The third kappa shape index (κ3) is 4.17. The van der Waals surface area contributed by atoms with Crippen molar-refractivity contribution in [3.05, 3.63) is 84.2 Å². The van der Waals surface area contributed by atoms with Crippen molar-refractivity contribution in [3.8, 4) is 11.5 Å². The Morgan fingerprint density at radius 3 is 2.54 bits per heavy atom. The van der Waals surface area contributed by atoms with Gasteiger partial charge in [0.2, 0.25) is 5.91 Å². The van der Waals surface area contributed by atoms with E-state index in [1.165, 1.54) is 0 Å². The number of rotatable bonds is 5. The summed E-state index contributed by atoms with van der Waals surface area (Å²) in [4.78, 5) is 28.0. The number of amides is 2. The molecule has 28 heavy (non-hydrogen) atoms. The number of benzene rings is 2. The number of nitrogens with one attached hydrogen (secondary N) is 2. The minimum atomic E-state index is -0.319. The van der Waals surface area contributed by atoms with Crippen molar-refractivity contribution in [2.75, 3.05) is 5.32 Å². The Bertz CT molecular complexity index is 987. The maximum atomic E-state index is 12.5. The number of hydrogen-bond acceptors (Lipinski definition) is 4. The lowest BCUT2D eigenvalue weighted by molar-refractivity contribution is -0.119. The first-order valence-corrected chi connectivity index (χ1v) is 9.07. The van der Waals surface area contributed by atoms with Crippen LogP contribution in [0.2, 0.25) is 0 Å². The zero-order chi connectivity index (χ0) is 19.3. The maximum Gasteiger partial charge on any atom is 0.274 e. The molecule has 0 aliphatic carbocycles. The largest absolute Gasteiger partial charge is 0.457 e. The Kier molecular flexibility index (Phi) is 5.01. The molecule has 2 heterocycles. The van der Waals surface area contributed by atoms with E-state index < -0.39 is 0 Å². The summed E-state index contributed by atoms with van der Waals surface area (Å²) in [5.41, 5.74) is 1.95. The van der Waals surface area contributed by atoms with Gasteiger partial charge >= 0.3 is 0 Å². The topological polar surface area (TPSA) is 80.3 Å². The molecule has 6 nitrogen and oxygen atoms in total. The van der Waals surface area contributed by atoms with E-state index in [9.17, 15) is 9.59 Å². The van der Waals surface area contributed by atoms with Gasteiger partial charge in [-0.3, -0.25) is 14.6 Å². The molecule has 1 aromatic heterocycles. The smallest absolute Gasteiger partial charge is 0.274 e. The summed E-state index contributed by atoms with van der Waals surface area (Å²) in [5, 5.41) is 5.76. The molecule has 1 aliphatic rings. The molecule has 1 atom stereocenters. The summed E-state index contributed by atoms with van der Waals surface area (Å²) >= 11 is 0. The Morgan fingerprint density at radius 2 is 1.82 bits per heavy atom. The first-order chi connectivity index (χ1) is 13.7. The number of pyridine rings is 1. The van der Waals surface area contributed by atoms with Crippen LogP contribution >= 0.6 is 0 Å². The van der Waals surface area contributed by atoms with Crippen molar-refractivity contribution in [3.63, 3.8) is 0 Å². The first-order valence-electron chi connectivity index (χ1n) is 9.07. The van der Waals surface area contributed by atoms with Crippen molar-refractivity contribution in [1.82, 2.24) is 10.3 Å². The van der Waals surface area contributed by atoms with Gasteiger partial charge in [0.15, 0.2) is 0 Å². The molecule has 140 valence electrons. The van der Waals surface area contributed by atoms with Crippen molar-refractivity contribution in [2.24, 2.45) is 0 Å². The Hall–Kier alpha value is -3.67. The van der Waals surface area contributed by atoms with Crippen LogP contribution < -0.4 is 15.4 Å². The summed E-state index contributed by atoms with van der Waals surface area (Å²) in [7, 11) is 0. The predicted octanol–water partition coefficient (Wildman–Crippen LogP) is 4.08. The molecule has 0 spiro atoms. The standard InChI is InChI=1S/C22H19N3O3/c26-21-11-10-19(25-21)15-6-8-16(9-7-15)24-22(27)20-14-18(12-13-23-20)28-17-4-2-1-3-5-17/h1-9,12-14,19H,10-11H2,(H,24,27)(H,25,26). The van der Waals surface area contributed by atoms with Gasteiger partial charge in [-0.2, -0.15) is 0 Å².